The molecule has 2 aromatic rings. The molecule has 1 aliphatic carbocycles. The molecule has 0 atom stereocenters. The molecule has 0 radical (unpaired) electrons. The lowest BCUT2D eigenvalue weighted by Crippen LogP contribution is -2.16. The molecule has 3 rings (SSSR count). The standard InChI is InChI=1S/C21H24N2O4/c1-13-8-17(24)9-14(2)23(13)11-18(21(22)25)16-6-7-19(26-3)20(10-16)27-12-15-4-5-15/h6-11,15H,4-5,12H2,1-3H3,(H2,22,25)/b18-11-. The van der Waals surface area contributed by atoms with Crippen molar-refractivity contribution in [1.82, 2.24) is 4.57 Å². The smallest absolute Gasteiger partial charge is 0.250 e. The highest BCUT2D eigenvalue weighted by Gasteiger charge is 2.23. The molecule has 1 aromatic carbocycles. The number of primary amides is 1. The van der Waals surface area contributed by atoms with Gasteiger partial charge in [0.05, 0.1) is 19.3 Å². The SMILES string of the molecule is COc1ccc(/C(=C/n2c(C)cc(=O)cc2C)C(N)=O)cc1OCC1CC1. The lowest BCUT2D eigenvalue weighted by molar-refractivity contribution is -0.112. The maximum absolute atomic E-state index is 12.1. The van der Waals surface area contributed by atoms with Crippen LogP contribution in [-0.2, 0) is 4.79 Å². The minimum Gasteiger partial charge on any atom is -0.493 e. The van der Waals surface area contributed by atoms with Crippen LogP contribution in [0.2, 0.25) is 0 Å². The van der Waals surface area contributed by atoms with Crippen LogP contribution in [0.5, 0.6) is 11.5 Å². The molecular formula is C21H24N2O4. The Kier molecular flexibility index (Phi) is 5.35. The summed E-state index contributed by atoms with van der Waals surface area (Å²) < 4.78 is 13.0. The monoisotopic (exact) mass is 368 g/mol. The maximum atomic E-state index is 12.1. The fraction of sp³-hybridized carbons (Fsp3) is 0.333. The lowest BCUT2D eigenvalue weighted by Gasteiger charge is -2.15. The fourth-order valence-corrected chi connectivity index (χ4v) is 2.93. The summed E-state index contributed by atoms with van der Waals surface area (Å²) in [6, 6.07) is 8.33. The summed E-state index contributed by atoms with van der Waals surface area (Å²) in [4.78, 5) is 23.8. The first-order chi connectivity index (χ1) is 12.9. The number of carbonyl (C=O) groups excluding carboxylic acids is 1. The Hall–Kier alpha value is -3.02. The molecule has 142 valence electrons. The van der Waals surface area contributed by atoms with E-state index in [2.05, 4.69) is 0 Å². The minimum atomic E-state index is -0.564. The predicted octanol–water partition coefficient (Wildman–Crippen LogP) is 2.75. The van der Waals surface area contributed by atoms with Gasteiger partial charge < -0.3 is 19.8 Å². The van der Waals surface area contributed by atoms with Crippen LogP contribution < -0.4 is 20.6 Å². The Labute approximate surface area is 158 Å². The van der Waals surface area contributed by atoms with E-state index < -0.39 is 5.91 Å². The van der Waals surface area contributed by atoms with E-state index in [-0.39, 0.29) is 5.43 Å². The summed E-state index contributed by atoms with van der Waals surface area (Å²) in [5, 5.41) is 0. The van der Waals surface area contributed by atoms with Crippen molar-refractivity contribution in [1.29, 1.82) is 0 Å². The van der Waals surface area contributed by atoms with E-state index in [1.54, 1.807) is 36.1 Å². The number of rotatable bonds is 7. The number of methoxy groups -OCH3 is 1. The molecule has 0 unspecified atom stereocenters. The van der Waals surface area contributed by atoms with Gasteiger partial charge in [0.1, 0.15) is 0 Å². The average Bonchev–Trinajstić information content (AvgIpc) is 3.43. The van der Waals surface area contributed by atoms with Crippen molar-refractivity contribution >= 4 is 17.7 Å². The van der Waals surface area contributed by atoms with Crippen LogP contribution in [0, 0.1) is 19.8 Å². The number of carbonyl (C=O) groups is 1. The number of aromatic nitrogens is 1. The first-order valence-electron chi connectivity index (χ1n) is 8.91. The second kappa shape index (κ2) is 7.70. The highest BCUT2D eigenvalue weighted by molar-refractivity contribution is 6.22. The van der Waals surface area contributed by atoms with Crippen LogP contribution in [0.25, 0.3) is 11.8 Å². The molecule has 1 aliphatic rings. The molecule has 6 nitrogen and oxygen atoms in total. The van der Waals surface area contributed by atoms with Crippen molar-refractivity contribution in [3.8, 4) is 11.5 Å². The molecule has 1 fully saturated rings. The van der Waals surface area contributed by atoms with E-state index >= 15 is 0 Å². The zero-order valence-corrected chi connectivity index (χ0v) is 15.8. The zero-order chi connectivity index (χ0) is 19.6. The summed E-state index contributed by atoms with van der Waals surface area (Å²) in [7, 11) is 1.58. The molecule has 0 saturated heterocycles. The summed E-state index contributed by atoms with van der Waals surface area (Å²) in [6.45, 7) is 4.25. The van der Waals surface area contributed by atoms with E-state index in [0.29, 0.717) is 35.2 Å². The minimum absolute atomic E-state index is 0.0736. The van der Waals surface area contributed by atoms with E-state index in [1.807, 2.05) is 13.8 Å². The van der Waals surface area contributed by atoms with Crippen LogP contribution in [0.3, 0.4) is 0 Å². The molecule has 1 saturated carbocycles. The zero-order valence-electron chi connectivity index (χ0n) is 15.8. The number of nitrogens with zero attached hydrogens (tertiary/aromatic N) is 1. The second-order valence-electron chi connectivity index (χ2n) is 6.87. The molecule has 27 heavy (non-hydrogen) atoms. The third-order valence-corrected chi connectivity index (χ3v) is 4.63. The van der Waals surface area contributed by atoms with Gasteiger partial charge in [-0.3, -0.25) is 9.59 Å². The quantitative estimate of drug-likeness (QED) is 0.762. The number of ether oxygens (including phenoxy) is 2. The molecule has 6 heteroatoms. The molecule has 1 heterocycles. The summed E-state index contributed by atoms with van der Waals surface area (Å²) in [5.74, 6) is 1.23. The van der Waals surface area contributed by atoms with Crippen molar-refractivity contribution in [3.63, 3.8) is 0 Å². The maximum Gasteiger partial charge on any atom is 0.250 e. The van der Waals surface area contributed by atoms with Crippen LogP contribution in [0.4, 0.5) is 0 Å². The van der Waals surface area contributed by atoms with Gasteiger partial charge in [-0.2, -0.15) is 0 Å². The Balaban J connectivity index is 2.03. The summed E-state index contributed by atoms with van der Waals surface area (Å²) in [5.41, 5.74) is 7.97. The number of nitrogens with two attached hydrogens (primary N) is 1. The number of benzene rings is 1. The van der Waals surface area contributed by atoms with Gasteiger partial charge in [0.15, 0.2) is 16.9 Å². The Morgan fingerprint density at radius 1 is 1.19 bits per heavy atom. The van der Waals surface area contributed by atoms with Crippen molar-refractivity contribution in [2.45, 2.75) is 26.7 Å². The first-order valence-corrected chi connectivity index (χ1v) is 8.91. The molecule has 2 N–H and O–H groups in total. The number of aryl methyl sites for hydroxylation is 2. The highest BCUT2D eigenvalue weighted by atomic mass is 16.5. The number of hydrogen-bond donors (Lipinski definition) is 1. The van der Waals surface area contributed by atoms with Gasteiger partial charge in [0.2, 0.25) is 0 Å². The van der Waals surface area contributed by atoms with Crippen LogP contribution in [0.1, 0.15) is 29.8 Å². The van der Waals surface area contributed by atoms with Crippen LogP contribution >= 0.6 is 0 Å². The summed E-state index contributed by atoms with van der Waals surface area (Å²) in [6.07, 6.45) is 4.01. The van der Waals surface area contributed by atoms with E-state index in [4.69, 9.17) is 15.2 Å². The van der Waals surface area contributed by atoms with Crippen molar-refractivity contribution in [2.24, 2.45) is 11.7 Å². The van der Waals surface area contributed by atoms with Gasteiger partial charge in [0, 0.05) is 29.7 Å². The molecular weight excluding hydrogens is 344 g/mol. The molecule has 1 aromatic heterocycles. The topological polar surface area (TPSA) is 83.5 Å². The average molecular weight is 368 g/mol. The van der Waals surface area contributed by atoms with E-state index in [1.165, 1.54) is 25.0 Å². The number of pyridine rings is 1. The van der Waals surface area contributed by atoms with Crippen molar-refractivity contribution < 1.29 is 14.3 Å². The van der Waals surface area contributed by atoms with Crippen LogP contribution in [-0.4, -0.2) is 24.2 Å². The van der Waals surface area contributed by atoms with Crippen molar-refractivity contribution in [3.05, 3.63) is 57.5 Å². The van der Waals surface area contributed by atoms with Gasteiger partial charge in [0.25, 0.3) is 5.91 Å². The lowest BCUT2D eigenvalue weighted by atomic mass is 10.1. The normalized spacial score (nSPS) is 14.1. The van der Waals surface area contributed by atoms with Crippen LogP contribution in [0.15, 0.2) is 35.1 Å². The predicted molar refractivity (Wildman–Crippen MR) is 105 cm³/mol. The second-order valence-corrected chi connectivity index (χ2v) is 6.87. The van der Waals surface area contributed by atoms with Crippen molar-refractivity contribution in [2.75, 3.05) is 13.7 Å². The fourth-order valence-electron chi connectivity index (χ4n) is 2.93. The number of amides is 1. The first kappa shape index (κ1) is 18.8. The largest absolute Gasteiger partial charge is 0.493 e. The Morgan fingerprint density at radius 2 is 1.85 bits per heavy atom. The van der Waals surface area contributed by atoms with Gasteiger partial charge in [-0.05, 0) is 50.3 Å². The molecule has 1 amide bonds. The van der Waals surface area contributed by atoms with Gasteiger partial charge in [-0.1, -0.05) is 6.07 Å². The Morgan fingerprint density at radius 3 is 2.41 bits per heavy atom. The third kappa shape index (κ3) is 4.39. The number of hydrogen-bond acceptors (Lipinski definition) is 4. The van der Waals surface area contributed by atoms with Gasteiger partial charge in [-0.25, -0.2) is 0 Å². The van der Waals surface area contributed by atoms with E-state index in [9.17, 15) is 9.59 Å². The molecule has 0 spiro atoms. The van der Waals surface area contributed by atoms with Gasteiger partial charge in [-0.15, -0.1) is 0 Å². The van der Waals surface area contributed by atoms with E-state index in [0.717, 1.165) is 11.4 Å². The summed E-state index contributed by atoms with van der Waals surface area (Å²) >= 11 is 0. The molecule has 0 aliphatic heterocycles. The third-order valence-electron chi connectivity index (χ3n) is 4.63. The Bertz CT molecular complexity index is 929. The van der Waals surface area contributed by atoms with Gasteiger partial charge >= 0.3 is 0 Å². The molecule has 0 bridgehead atoms. The highest BCUT2D eigenvalue weighted by Crippen LogP contribution is 2.34.